The molecule has 0 bridgehead atoms. The van der Waals surface area contributed by atoms with E-state index in [0.717, 1.165) is 19.3 Å². The summed E-state index contributed by atoms with van der Waals surface area (Å²) >= 11 is 3.57. The van der Waals surface area contributed by atoms with Crippen molar-refractivity contribution in [1.29, 1.82) is 0 Å². The van der Waals surface area contributed by atoms with Crippen LogP contribution in [0.1, 0.15) is 33.1 Å². The SMILES string of the molecule is CC(C)C1CC(Br)CCC1=O. The van der Waals surface area contributed by atoms with Crippen molar-refractivity contribution in [1.82, 2.24) is 0 Å². The van der Waals surface area contributed by atoms with Gasteiger partial charge in [-0.2, -0.15) is 0 Å². The van der Waals surface area contributed by atoms with Crippen molar-refractivity contribution in [3.8, 4) is 0 Å². The largest absolute Gasteiger partial charge is 0.299 e. The van der Waals surface area contributed by atoms with Crippen LogP contribution in [0.2, 0.25) is 0 Å². The number of alkyl halides is 1. The first-order chi connectivity index (χ1) is 5.11. The lowest BCUT2D eigenvalue weighted by atomic mass is 9.81. The van der Waals surface area contributed by atoms with Crippen LogP contribution in [0.5, 0.6) is 0 Å². The van der Waals surface area contributed by atoms with Crippen molar-refractivity contribution in [3.05, 3.63) is 0 Å². The van der Waals surface area contributed by atoms with Crippen LogP contribution < -0.4 is 0 Å². The molecule has 0 spiro atoms. The van der Waals surface area contributed by atoms with Crippen molar-refractivity contribution in [3.63, 3.8) is 0 Å². The van der Waals surface area contributed by atoms with Gasteiger partial charge < -0.3 is 0 Å². The van der Waals surface area contributed by atoms with Gasteiger partial charge in [-0.1, -0.05) is 29.8 Å². The third kappa shape index (κ3) is 2.29. The highest BCUT2D eigenvalue weighted by Crippen LogP contribution is 2.30. The van der Waals surface area contributed by atoms with E-state index in [9.17, 15) is 4.79 Å². The van der Waals surface area contributed by atoms with Gasteiger partial charge in [0.05, 0.1) is 0 Å². The molecule has 0 N–H and O–H groups in total. The van der Waals surface area contributed by atoms with Crippen LogP contribution in [0.15, 0.2) is 0 Å². The normalized spacial score (nSPS) is 32.9. The van der Waals surface area contributed by atoms with Gasteiger partial charge in [-0.25, -0.2) is 0 Å². The summed E-state index contributed by atoms with van der Waals surface area (Å²) in [6, 6.07) is 0. The monoisotopic (exact) mass is 218 g/mol. The maximum Gasteiger partial charge on any atom is 0.136 e. The molecule has 11 heavy (non-hydrogen) atoms. The van der Waals surface area contributed by atoms with E-state index in [4.69, 9.17) is 0 Å². The first kappa shape index (κ1) is 9.24. The molecule has 2 unspecified atom stereocenters. The number of carbonyl (C=O) groups excluding carboxylic acids is 1. The lowest BCUT2D eigenvalue weighted by molar-refractivity contribution is -0.125. The van der Waals surface area contributed by atoms with E-state index < -0.39 is 0 Å². The highest BCUT2D eigenvalue weighted by atomic mass is 79.9. The van der Waals surface area contributed by atoms with Crippen molar-refractivity contribution in [2.75, 3.05) is 0 Å². The Bertz CT molecular complexity index is 154. The summed E-state index contributed by atoms with van der Waals surface area (Å²) < 4.78 is 0. The Morgan fingerprint density at radius 2 is 2.18 bits per heavy atom. The van der Waals surface area contributed by atoms with Gasteiger partial charge in [-0.15, -0.1) is 0 Å². The van der Waals surface area contributed by atoms with E-state index in [-0.39, 0.29) is 0 Å². The molecule has 0 amide bonds. The summed E-state index contributed by atoms with van der Waals surface area (Å²) in [7, 11) is 0. The van der Waals surface area contributed by atoms with E-state index in [0.29, 0.717) is 22.4 Å². The molecule has 0 aromatic carbocycles. The Morgan fingerprint density at radius 1 is 1.55 bits per heavy atom. The predicted octanol–water partition coefficient (Wildman–Crippen LogP) is 2.78. The fraction of sp³-hybridized carbons (Fsp3) is 0.889. The van der Waals surface area contributed by atoms with Crippen molar-refractivity contribution < 1.29 is 4.79 Å². The van der Waals surface area contributed by atoms with Crippen LogP contribution in [0.3, 0.4) is 0 Å². The zero-order valence-corrected chi connectivity index (χ0v) is 8.73. The highest BCUT2D eigenvalue weighted by Gasteiger charge is 2.29. The minimum Gasteiger partial charge on any atom is -0.299 e. The van der Waals surface area contributed by atoms with E-state index >= 15 is 0 Å². The maximum atomic E-state index is 11.4. The maximum absolute atomic E-state index is 11.4. The first-order valence-electron chi connectivity index (χ1n) is 4.28. The number of Topliss-reactive ketones (excluding diaryl/α,β-unsaturated/α-hetero) is 1. The third-order valence-electron chi connectivity index (χ3n) is 2.43. The summed E-state index contributed by atoms with van der Waals surface area (Å²) in [6.45, 7) is 4.27. The number of rotatable bonds is 1. The van der Waals surface area contributed by atoms with Gasteiger partial charge in [-0.05, 0) is 18.8 Å². The van der Waals surface area contributed by atoms with Crippen LogP contribution in [-0.4, -0.2) is 10.6 Å². The average molecular weight is 219 g/mol. The summed E-state index contributed by atoms with van der Waals surface area (Å²) in [6.07, 6.45) is 2.84. The molecule has 1 fully saturated rings. The molecule has 1 aliphatic carbocycles. The first-order valence-corrected chi connectivity index (χ1v) is 5.19. The van der Waals surface area contributed by atoms with Crippen molar-refractivity contribution in [2.45, 2.75) is 37.9 Å². The standard InChI is InChI=1S/C9H15BrO/c1-6(2)8-5-7(10)3-4-9(8)11/h6-8H,3-5H2,1-2H3. The number of carbonyl (C=O) groups is 1. The second-order valence-corrected chi connectivity index (χ2v) is 4.98. The van der Waals surface area contributed by atoms with Gasteiger partial charge in [0.25, 0.3) is 0 Å². The number of ketones is 1. The van der Waals surface area contributed by atoms with Gasteiger partial charge in [0.2, 0.25) is 0 Å². The molecule has 0 heterocycles. The molecule has 1 aliphatic rings. The lowest BCUT2D eigenvalue weighted by Crippen LogP contribution is -2.28. The lowest BCUT2D eigenvalue weighted by Gasteiger charge is -2.27. The van der Waals surface area contributed by atoms with Crippen molar-refractivity contribution >= 4 is 21.7 Å². The quantitative estimate of drug-likeness (QED) is 0.619. The number of hydrogen-bond acceptors (Lipinski definition) is 1. The molecule has 0 radical (unpaired) electrons. The molecule has 0 aliphatic heterocycles. The zero-order valence-electron chi connectivity index (χ0n) is 7.14. The van der Waals surface area contributed by atoms with Crippen LogP contribution in [0.25, 0.3) is 0 Å². The zero-order chi connectivity index (χ0) is 8.43. The van der Waals surface area contributed by atoms with E-state index in [1.807, 2.05) is 0 Å². The smallest absolute Gasteiger partial charge is 0.136 e. The van der Waals surface area contributed by atoms with Gasteiger partial charge in [0.1, 0.15) is 5.78 Å². The minimum absolute atomic E-state index is 0.313. The van der Waals surface area contributed by atoms with Gasteiger partial charge >= 0.3 is 0 Å². The molecule has 0 saturated heterocycles. The number of hydrogen-bond donors (Lipinski definition) is 0. The van der Waals surface area contributed by atoms with Gasteiger partial charge in [-0.3, -0.25) is 4.79 Å². The van der Waals surface area contributed by atoms with Crippen LogP contribution in [-0.2, 0) is 4.79 Å². The summed E-state index contributed by atoms with van der Waals surface area (Å²) in [5.74, 6) is 1.30. The Labute approximate surface area is 76.7 Å². The van der Waals surface area contributed by atoms with E-state index in [2.05, 4.69) is 29.8 Å². The summed E-state index contributed by atoms with van der Waals surface area (Å²) in [5.41, 5.74) is 0. The molecular formula is C9H15BrO. The Hall–Kier alpha value is 0.150. The Morgan fingerprint density at radius 3 is 2.64 bits per heavy atom. The van der Waals surface area contributed by atoms with Crippen LogP contribution >= 0.6 is 15.9 Å². The Balaban J connectivity index is 2.54. The fourth-order valence-corrected chi connectivity index (χ4v) is 2.28. The summed E-state index contributed by atoms with van der Waals surface area (Å²) in [4.78, 5) is 11.9. The third-order valence-corrected chi connectivity index (χ3v) is 3.26. The highest BCUT2D eigenvalue weighted by molar-refractivity contribution is 9.09. The van der Waals surface area contributed by atoms with Crippen LogP contribution in [0, 0.1) is 11.8 Å². The molecule has 1 nitrogen and oxygen atoms in total. The van der Waals surface area contributed by atoms with Gasteiger partial charge in [0.15, 0.2) is 0 Å². The topological polar surface area (TPSA) is 17.1 Å². The van der Waals surface area contributed by atoms with Crippen molar-refractivity contribution in [2.24, 2.45) is 11.8 Å². The summed E-state index contributed by atoms with van der Waals surface area (Å²) in [5, 5.41) is 0. The molecule has 0 aromatic heterocycles. The molecule has 0 aromatic rings. The minimum atomic E-state index is 0.313. The molecule has 64 valence electrons. The number of halogens is 1. The molecular weight excluding hydrogens is 204 g/mol. The average Bonchev–Trinajstić information content (AvgIpc) is 1.94. The second kappa shape index (κ2) is 3.70. The molecule has 1 rings (SSSR count). The van der Waals surface area contributed by atoms with E-state index in [1.165, 1.54) is 0 Å². The fourth-order valence-electron chi connectivity index (χ4n) is 1.65. The Kier molecular flexibility index (Phi) is 3.11. The van der Waals surface area contributed by atoms with Gasteiger partial charge in [0, 0.05) is 17.2 Å². The molecule has 2 heteroatoms. The van der Waals surface area contributed by atoms with Crippen LogP contribution in [0.4, 0.5) is 0 Å². The molecule has 1 saturated carbocycles. The second-order valence-electron chi connectivity index (χ2n) is 3.69. The van der Waals surface area contributed by atoms with E-state index in [1.54, 1.807) is 0 Å². The predicted molar refractivity (Wildman–Crippen MR) is 49.9 cm³/mol. The molecule has 2 atom stereocenters.